The van der Waals surface area contributed by atoms with Crippen LogP contribution in [-0.4, -0.2) is 24.4 Å². The summed E-state index contributed by atoms with van der Waals surface area (Å²) in [5.74, 6) is 0. The van der Waals surface area contributed by atoms with E-state index in [-0.39, 0.29) is 0 Å². The van der Waals surface area contributed by atoms with E-state index in [9.17, 15) is 0 Å². The van der Waals surface area contributed by atoms with E-state index >= 15 is 0 Å². The van der Waals surface area contributed by atoms with Gasteiger partial charge in [-0.1, -0.05) is 23.2 Å². The van der Waals surface area contributed by atoms with Crippen LogP contribution in [0.15, 0.2) is 18.2 Å². The third kappa shape index (κ3) is 5.15. The lowest BCUT2D eigenvalue weighted by Crippen LogP contribution is -2.30. The van der Waals surface area contributed by atoms with Gasteiger partial charge in [0.05, 0.1) is 6.10 Å². The molecule has 1 aromatic rings. The summed E-state index contributed by atoms with van der Waals surface area (Å²) >= 11 is 17.1. The van der Waals surface area contributed by atoms with E-state index in [1.54, 1.807) is 18.2 Å². The Morgan fingerprint density at radius 2 is 2.05 bits per heavy atom. The van der Waals surface area contributed by atoms with Crippen LogP contribution in [0.25, 0.3) is 0 Å². The van der Waals surface area contributed by atoms with Crippen molar-refractivity contribution < 1.29 is 4.74 Å². The molecule has 0 radical (unpaired) electrons. The molecule has 1 aromatic carbocycles. The van der Waals surface area contributed by atoms with Crippen LogP contribution in [0.2, 0.25) is 10.0 Å². The number of hydrogen-bond donors (Lipinski definition) is 2. The van der Waals surface area contributed by atoms with Gasteiger partial charge in [-0.25, -0.2) is 0 Å². The van der Waals surface area contributed by atoms with Crippen molar-refractivity contribution in [3.63, 3.8) is 0 Å². The topological polar surface area (TPSA) is 33.3 Å². The molecule has 1 aliphatic rings. The highest BCUT2D eigenvalue weighted by molar-refractivity contribution is 7.80. The van der Waals surface area contributed by atoms with E-state index in [0.717, 1.165) is 38.1 Å². The number of benzene rings is 1. The third-order valence-corrected chi connectivity index (χ3v) is 3.58. The first kappa shape index (κ1) is 14.9. The van der Waals surface area contributed by atoms with Gasteiger partial charge in [0.1, 0.15) is 0 Å². The monoisotopic (exact) mass is 318 g/mol. The number of anilines is 1. The molecule has 0 saturated carbocycles. The smallest absolute Gasteiger partial charge is 0.170 e. The van der Waals surface area contributed by atoms with Crippen molar-refractivity contribution in [3.05, 3.63) is 28.2 Å². The van der Waals surface area contributed by atoms with Crippen LogP contribution in [0.1, 0.15) is 19.3 Å². The van der Waals surface area contributed by atoms with Crippen molar-refractivity contribution in [1.29, 1.82) is 0 Å². The molecule has 2 N–H and O–H groups in total. The molecule has 104 valence electrons. The van der Waals surface area contributed by atoms with Crippen LogP contribution >= 0.6 is 35.4 Å². The van der Waals surface area contributed by atoms with Gasteiger partial charge in [0.25, 0.3) is 0 Å². The Morgan fingerprint density at radius 1 is 1.32 bits per heavy atom. The predicted octanol–water partition coefficient (Wildman–Crippen LogP) is 3.85. The van der Waals surface area contributed by atoms with Crippen molar-refractivity contribution >= 4 is 46.2 Å². The highest BCUT2D eigenvalue weighted by atomic mass is 35.5. The summed E-state index contributed by atoms with van der Waals surface area (Å²) < 4.78 is 5.55. The zero-order valence-electron chi connectivity index (χ0n) is 10.4. The Balaban J connectivity index is 1.74. The molecule has 0 bridgehead atoms. The maximum Gasteiger partial charge on any atom is 0.170 e. The summed E-state index contributed by atoms with van der Waals surface area (Å²) in [5, 5.41) is 7.94. The molecule has 1 atom stereocenters. The fourth-order valence-corrected chi connectivity index (χ4v) is 2.77. The number of halogens is 2. The van der Waals surface area contributed by atoms with E-state index in [1.165, 1.54) is 0 Å². The molecule has 0 amide bonds. The minimum atomic E-state index is 0.371. The molecule has 0 spiro atoms. The Hall–Kier alpha value is -0.550. The number of thiocarbonyl (C=S) groups is 1. The first-order valence-corrected chi connectivity index (χ1v) is 7.42. The van der Waals surface area contributed by atoms with Crippen molar-refractivity contribution in [1.82, 2.24) is 5.32 Å². The van der Waals surface area contributed by atoms with Crippen LogP contribution in [0.5, 0.6) is 0 Å². The quantitative estimate of drug-likeness (QED) is 0.826. The van der Waals surface area contributed by atoms with Gasteiger partial charge >= 0.3 is 0 Å². The lowest BCUT2D eigenvalue weighted by Gasteiger charge is -2.13. The number of hydrogen-bond acceptors (Lipinski definition) is 2. The van der Waals surface area contributed by atoms with Crippen molar-refractivity contribution in [2.45, 2.75) is 25.4 Å². The minimum absolute atomic E-state index is 0.371. The zero-order valence-corrected chi connectivity index (χ0v) is 12.7. The Morgan fingerprint density at radius 3 is 2.68 bits per heavy atom. The highest BCUT2D eigenvalue weighted by Gasteiger charge is 2.14. The molecular weight excluding hydrogens is 303 g/mol. The summed E-state index contributed by atoms with van der Waals surface area (Å²) in [6.45, 7) is 1.68. The van der Waals surface area contributed by atoms with Crippen molar-refractivity contribution in [2.24, 2.45) is 0 Å². The van der Waals surface area contributed by atoms with Gasteiger partial charge < -0.3 is 15.4 Å². The minimum Gasteiger partial charge on any atom is -0.378 e. The molecule has 1 heterocycles. The first-order chi connectivity index (χ1) is 9.13. The van der Waals surface area contributed by atoms with Gasteiger partial charge in [-0.15, -0.1) is 0 Å². The second-order valence-electron chi connectivity index (χ2n) is 4.46. The van der Waals surface area contributed by atoms with Crippen LogP contribution in [0, 0.1) is 0 Å². The second-order valence-corrected chi connectivity index (χ2v) is 5.74. The predicted molar refractivity (Wildman–Crippen MR) is 84.3 cm³/mol. The van der Waals surface area contributed by atoms with Crippen LogP contribution < -0.4 is 10.6 Å². The molecular formula is C13H16Cl2N2OS. The summed E-state index contributed by atoms with van der Waals surface area (Å²) in [7, 11) is 0. The third-order valence-electron chi connectivity index (χ3n) is 2.90. The highest BCUT2D eigenvalue weighted by Crippen LogP contribution is 2.22. The molecule has 0 aromatic heterocycles. The Labute approximate surface area is 128 Å². The molecule has 1 fully saturated rings. The lowest BCUT2D eigenvalue weighted by atomic mass is 10.2. The van der Waals surface area contributed by atoms with E-state index in [1.807, 2.05) is 0 Å². The normalized spacial score (nSPS) is 18.3. The largest absolute Gasteiger partial charge is 0.378 e. The van der Waals surface area contributed by atoms with E-state index in [2.05, 4.69) is 10.6 Å². The average Bonchev–Trinajstić information content (AvgIpc) is 2.80. The molecule has 19 heavy (non-hydrogen) atoms. The summed E-state index contributed by atoms with van der Waals surface area (Å²) in [6, 6.07) is 5.24. The van der Waals surface area contributed by atoms with Crippen LogP contribution in [-0.2, 0) is 4.74 Å². The average molecular weight is 319 g/mol. The maximum atomic E-state index is 5.92. The van der Waals surface area contributed by atoms with Crippen LogP contribution in [0.4, 0.5) is 5.69 Å². The first-order valence-electron chi connectivity index (χ1n) is 6.26. The van der Waals surface area contributed by atoms with E-state index in [0.29, 0.717) is 21.3 Å². The Bertz CT molecular complexity index is 430. The molecule has 0 aliphatic carbocycles. The van der Waals surface area contributed by atoms with Gasteiger partial charge in [-0.2, -0.15) is 0 Å². The summed E-state index contributed by atoms with van der Waals surface area (Å²) in [6.07, 6.45) is 3.65. The second kappa shape index (κ2) is 7.29. The van der Waals surface area contributed by atoms with Crippen molar-refractivity contribution in [3.8, 4) is 0 Å². The maximum absolute atomic E-state index is 5.92. The molecule has 1 unspecified atom stereocenters. The van der Waals surface area contributed by atoms with Crippen molar-refractivity contribution in [2.75, 3.05) is 18.5 Å². The van der Waals surface area contributed by atoms with Gasteiger partial charge in [-0.05, 0) is 49.7 Å². The molecule has 6 heteroatoms. The van der Waals surface area contributed by atoms with Gasteiger partial charge in [0.15, 0.2) is 5.11 Å². The van der Waals surface area contributed by atoms with E-state index in [4.69, 9.17) is 40.2 Å². The SMILES string of the molecule is S=C(NCCC1CCCO1)Nc1cc(Cl)cc(Cl)c1. The molecule has 1 saturated heterocycles. The zero-order chi connectivity index (χ0) is 13.7. The molecule has 3 nitrogen and oxygen atoms in total. The number of ether oxygens (including phenoxy) is 1. The Kier molecular flexibility index (Phi) is 5.70. The van der Waals surface area contributed by atoms with Gasteiger partial charge in [0, 0.05) is 28.9 Å². The molecule has 2 rings (SSSR count). The summed E-state index contributed by atoms with van der Waals surface area (Å²) in [4.78, 5) is 0. The fraction of sp³-hybridized carbons (Fsp3) is 0.462. The lowest BCUT2D eigenvalue weighted by molar-refractivity contribution is 0.105. The van der Waals surface area contributed by atoms with E-state index < -0.39 is 0 Å². The molecule has 1 aliphatic heterocycles. The number of rotatable bonds is 4. The fourth-order valence-electron chi connectivity index (χ4n) is 2.02. The van der Waals surface area contributed by atoms with Gasteiger partial charge in [0.2, 0.25) is 0 Å². The van der Waals surface area contributed by atoms with Crippen LogP contribution in [0.3, 0.4) is 0 Å². The summed E-state index contributed by atoms with van der Waals surface area (Å²) in [5.41, 5.74) is 0.784. The number of nitrogens with one attached hydrogen (secondary N) is 2. The standard InChI is InChI=1S/C13H16Cl2N2OS/c14-9-6-10(15)8-11(7-9)17-13(19)16-4-3-12-2-1-5-18-12/h6-8,12H,1-5H2,(H2,16,17,19). The van der Waals surface area contributed by atoms with Gasteiger partial charge in [-0.3, -0.25) is 0 Å².